The van der Waals surface area contributed by atoms with Crippen LogP contribution in [0.2, 0.25) is 36.3 Å². The van der Waals surface area contributed by atoms with Crippen molar-refractivity contribution in [3.8, 4) is 11.8 Å². The van der Waals surface area contributed by atoms with Gasteiger partial charge in [0, 0.05) is 30.3 Å². The third-order valence-electron chi connectivity index (χ3n) is 15.5. The zero-order valence-electron chi connectivity index (χ0n) is 43.6. The van der Waals surface area contributed by atoms with E-state index in [9.17, 15) is 9.90 Å². The number of unbranched alkanes of at least 4 members (excludes halogenated alkanes) is 10. The number of ether oxygens (including phenoxy) is 3. The summed E-state index contributed by atoms with van der Waals surface area (Å²) in [6.45, 7) is 27.9. The third kappa shape index (κ3) is 18.3. The first kappa shape index (κ1) is 56.4. The second-order valence-corrected chi connectivity index (χ2v) is 34.2. The molecule has 1 N–H and O–H groups in total. The zero-order chi connectivity index (χ0) is 47.7. The van der Waals surface area contributed by atoms with Gasteiger partial charge in [-0.3, -0.25) is 4.79 Å². The van der Waals surface area contributed by atoms with Crippen molar-refractivity contribution in [3.05, 3.63) is 30.3 Å². The molecule has 0 spiro atoms. The maximum Gasteiger partial charge on any atom is 0.322 e. The molecule has 3 heterocycles. The lowest BCUT2D eigenvalue weighted by Crippen LogP contribution is -2.47. The molecule has 9 atom stereocenters. The van der Waals surface area contributed by atoms with Crippen molar-refractivity contribution < 1.29 is 33.0 Å². The van der Waals surface area contributed by atoms with Gasteiger partial charge in [-0.1, -0.05) is 131 Å². The molecule has 3 aliphatic rings. The highest BCUT2D eigenvalue weighted by atomic mass is 32.2. The second-order valence-electron chi connectivity index (χ2n) is 23.2. The van der Waals surface area contributed by atoms with Gasteiger partial charge in [-0.05, 0) is 120 Å². The number of hydrogen-bond donors (Lipinski definition) is 1. The summed E-state index contributed by atoms with van der Waals surface area (Å²) >= 11 is 1.69. The maximum absolute atomic E-state index is 12.9. The second kappa shape index (κ2) is 26.7. The minimum atomic E-state index is -2.03. The molecule has 4 rings (SSSR count). The topological polar surface area (TPSA) is 83.5 Å². The maximum atomic E-state index is 12.9. The van der Waals surface area contributed by atoms with Gasteiger partial charge in [0.05, 0.1) is 36.6 Å². The number of aliphatic hydroxyl groups excluding tert-OH is 1. The molecular weight excluding hydrogens is 861 g/mol. The van der Waals surface area contributed by atoms with E-state index >= 15 is 0 Å². The minimum absolute atomic E-state index is 0.0100. The van der Waals surface area contributed by atoms with E-state index in [4.69, 9.17) is 23.1 Å². The standard InChI is InChI=1S/C55H96O7SSi2/c1-13-14-15-25-31-44(61-64(9,10)53(3,4)5)32-30-36-51(62-65(11,12)54(6,7)8)50-40-39-49(60-50)48-38-37-47(59-48)46(56)35-28-22-20-18-16-17-19-21-23-29-41-55(42-43(2)58-52(55)57)63-45-33-26-24-27-34-45/h24,26-27,33-34,43-44,46-51,56H,13-21,23,25,29-32,35-42H2,1-12H3/t43-,44-,46-,47+,48+,49+,50+,51-,55?/m0/s1. The number of benzene rings is 1. The Labute approximate surface area is 405 Å². The molecule has 3 fully saturated rings. The highest BCUT2D eigenvalue weighted by Gasteiger charge is 2.49. The largest absolute Gasteiger partial charge is 0.462 e. The Balaban J connectivity index is 1.16. The molecule has 7 nitrogen and oxygen atoms in total. The van der Waals surface area contributed by atoms with Gasteiger partial charge in [0.25, 0.3) is 0 Å². The SMILES string of the molecule is CCCCCC[C@@H](CCC[C@H](O[Si](C)(C)C(C)(C)C)[C@H]1CC[C@H]([C@H]2CC[C@H]([C@@H](O)CC#CCCCCCCCCCC3(Sc4ccccc4)C[C@H](C)OC3=O)O2)O1)O[Si](C)(C)C(C)(C)C. The van der Waals surface area contributed by atoms with E-state index in [0.717, 1.165) is 94.8 Å². The van der Waals surface area contributed by atoms with Crippen LogP contribution in [0.25, 0.3) is 0 Å². The van der Waals surface area contributed by atoms with Gasteiger partial charge in [-0.15, -0.1) is 23.6 Å². The summed E-state index contributed by atoms with van der Waals surface area (Å²) in [6.07, 6.45) is 24.0. The number of hydrogen-bond acceptors (Lipinski definition) is 8. The fraction of sp³-hybridized carbons (Fsp3) is 0.836. The molecule has 372 valence electrons. The highest BCUT2D eigenvalue weighted by molar-refractivity contribution is 8.01. The van der Waals surface area contributed by atoms with E-state index in [0.29, 0.717) is 12.5 Å². The molecule has 0 aliphatic carbocycles. The summed E-state index contributed by atoms with van der Waals surface area (Å²) in [4.78, 5) is 14.0. The Bertz CT molecular complexity index is 1580. The van der Waals surface area contributed by atoms with Gasteiger partial charge >= 0.3 is 5.97 Å². The Kier molecular flexibility index (Phi) is 23.2. The lowest BCUT2D eigenvalue weighted by molar-refractivity contribution is -0.142. The van der Waals surface area contributed by atoms with E-state index in [-0.39, 0.29) is 52.7 Å². The van der Waals surface area contributed by atoms with Crippen molar-refractivity contribution in [2.24, 2.45) is 0 Å². The van der Waals surface area contributed by atoms with Crippen LogP contribution in [0.5, 0.6) is 0 Å². The molecule has 0 saturated carbocycles. The first-order valence-corrected chi connectivity index (χ1v) is 33.0. The van der Waals surface area contributed by atoms with Crippen LogP contribution < -0.4 is 0 Å². The first-order chi connectivity index (χ1) is 30.7. The van der Waals surface area contributed by atoms with Gasteiger partial charge in [0.1, 0.15) is 10.9 Å². The lowest BCUT2D eigenvalue weighted by atomic mass is 9.96. The minimum Gasteiger partial charge on any atom is -0.462 e. The molecule has 1 aromatic carbocycles. The number of carbonyl (C=O) groups excluding carboxylic acids is 1. The van der Waals surface area contributed by atoms with Crippen LogP contribution in [-0.4, -0.2) is 81.3 Å². The molecule has 65 heavy (non-hydrogen) atoms. The molecule has 3 aliphatic heterocycles. The molecule has 1 aromatic rings. The normalized spacial score (nSPS) is 25.6. The summed E-state index contributed by atoms with van der Waals surface area (Å²) in [5.74, 6) is 6.56. The van der Waals surface area contributed by atoms with Gasteiger partial charge in [-0.25, -0.2) is 0 Å². The highest BCUT2D eigenvalue weighted by Crippen LogP contribution is 2.46. The van der Waals surface area contributed by atoms with Gasteiger partial charge in [-0.2, -0.15) is 0 Å². The van der Waals surface area contributed by atoms with Gasteiger partial charge in [0.15, 0.2) is 16.6 Å². The summed E-state index contributed by atoms with van der Waals surface area (Å²) in [5, 5.41) is 11.4. The van der Waals surface area contributed by atoms with Crippen LogP contribution >= 0.6 is 11.8 Å². The van der Waals surface area contributed by atoms with Crippen molar-refractivity contribution in [3.63, 3.8) is 0 Å². The monoisotopic (exact) mass is 957 g/mol. The predicted molar refractivity (Wildman–Crippen MR) is 278 cm³/mol. The van der Waals surface area contributed by atoms with Crippen molar-refractivity contribution >= 4 is 34.4 Å². The summed E-state index contributed by atoms with van der Waals surface area (Å²) < 4.78 is 32.9. The first-order valence-electron chi connectivity index (χ1n) is 26.4. The molecule has 3 saturated heterocycles. The van der Waals surface area contributed by atoms with E-state index in [2.05, 4.69) is 98.6 Å². The van der Waals surface area contributed by atoms with E-state index in [1.807, 2.05) is 25.1 Å². The van der Waals surface area contributed by atoms with E-state index in [1.165, 1.54) is 51.4 Å². The van der Waals surface area contributed by atoms with Gasteiger partial charge in [0.2, 0.25) is 0 Å². The Morgan fingerprint density at radius 3 is 1.92 bits per heavy atom. The molecule has 0 aromatic heterocycles. The molecule has 10 heteroatoms. The summed E-state index contributed by atoms with van der Waals surface area (Å²) in [5.41, 5.74) is 0. The van der Waals surface area contributed by atoms with Crippen molar-refractivity contribution in [2.75, 3.05) is 0 Å². The number of thioether (sulfide) groups is 1. The Morgan fingerprint density at radius 2 is 1.31 bits per heavy atom. The summed E-state index contributed by atoms with van der Waals surface area (Å²) in [6, 6.07) is 10.3. The van der Waals surface area contributed by atoms with Crippen LogP contribution in [0.3, 0.4) is 0 Å². The Hall–Kier alpha value is -1.17. The van der Waals surface area contributed by atoms with Crippen LogP contribution in [-0.2, 0) is 27.9 Å². The van der Waals surface area contributed by atoms with Gasteiger partial charge < -0.3 is 28.2 Å². The molecule has 1 unspecified atom stereocenters. The molecule has 0 radical (unpaired) electrons. The predicted octanol–water partition coefficient (Wildman–Crippen LogP) is 15.1. The number of aliphatic hydroxyl groups is 1. The average molecular weight is 958 g/mol. The van der Waals surface area contributed by atoms with Crippen molar-refractivity contribution in [1.29, 1.82) is 0 Å². The van der Waals surface area contributed by atoms with Crippen LogP contribution in [0.4, 0.5) is 0 Å². The number of rotatable bonds is 28. The van der Waals surface area contributed by atoms with E-state index < -0.39 is 27.5 Å². The van der Waals surface area contributed by atoms with Crippen LogP contribution in [0.15, 0.2) is 35.2 Å². The molecular formula is C55H96O7SSi2. The average Bonchev–Trinajstić information content (AvgIpc) is 3.98. The van der Waals surface area contributed by atoms with Crippen LogP contribution in [0, 0.1) is 11.8 Å². The van der Waals surface area contributed by atoms with E-state index in [1.54, 1.807) is 11.8 Å². The fourth-order valence-electron chi connectivity index (χ4n) is 9.40. The zero-order valence-corrected chi connectivity index (χ0v) is 46.4. The van der Waals surface area contributed by atoms with Crippen molar-refractivity contribution in [1.82, 2.24) is 0 Å². The fourth-order valence-corrected chi connectivity index (χ4v) is 13.6. The molecule has 0 amide bonds. The number of carbonyl (C=O) groups is 1. The molecule has 0 bridgehead atoms. The van der Waals surface area contributed by atoms with Crippen LogP contribution in [0.1, 0.15) is 203 Å². The number of cyclic esters (lactones) is 1. The smallest absolute Gasteiger partial charge is 0.322 e. The number of esters is 1. The summed E-state index contributed by atoms with van der Waals surface area (Å²) in [7, 11) is -3.90. The quantitative estimate of drug-likeness (QED) is 0.0385. The Morgan fingerprint density at radius 1 is 0.738 bits per heavy atom. The lowest BCUT2D eigenvalue weighted by Gasteiger charge is -2.41. The van der Waals surface area contributed by atoms with Crippen molar-refractivity contribution in [2.45, 2.75) is 298 Å². The third-order valence-corrected chi connectivity index (χ3v) is 26.0.